The molecule has 0 saturated heterocycles. The summed E-state index contributed by atoms with van der Waals surface area (Å²) in [4.78, 5) is 26.5. The van der Waals surface area contributed by atoms with E-state index >= 15 is 0 Å². The van der Waals surface area contributed by atoms with E-state index in [0.29, 0.717) is 21.1 Å². The van der Waals surface area contributed by atoms with Gasteiger partial charge in [0.05, 0.1) is 11.3 Å². The minimum atomic E-state index is -1.04. The van der Waals surface area contributed by atoms with Gasteiger partial charge in [0.2, 0.25) is 5.13 Å². The first-order chi connectivity index (χ1) is 9.45. The summed E-state index contributed by atoms with van der Waals surface area (Å²) in [5, 5.41) is 14.3. The van der Waals surface area contributed by atoms with Gasteiger partial charge >= 0.3 is 12.0 Å². The molecule has 0 fully saturated rings. The minimum Gasteiger partial charge on any atom is -0.478 e. The fraction of sp³-hybridized carbons (Fsp3) is 0.0909. The van der Waals surface area contributed by atoms with E-state index in [1.807, 2.05) is 0 Å². The van der Waals surface area contributed by atoms with Crippen LogP contribution in [0.2, 0.25) is 0 Å². The van der Waals surface area contributed by atoms with Crippen LogP contribution in [-0.2, 0) is 0 Å². The summed E-state index contributed by atoms with van der Waals surface area (Å²) >= 11 is 4.28. The number of aromatic nitrogens is 2. The van der Waals surface area contributed by atoms with Crippen LogP contribution in [0.4, 0.5) is 15.6 Å². The van der Waals surface area contributed by atoms with Crippen molar-refractivity contribution in [3.63, 3.8) is 0 Å². The van der Waals surface area contributed by atoms with E-state index in [0.717, 1.165) is 11.5 Å². The third-order valence-corrected chi connectivity index (χ3v) is 3.59. The Labute approximate surface area is 126 Å². The summed E-state index contributed by atoms with van der Waals surface area (Å²) < 4.78 is 4.41. The molecule has 0 aliphatic carbocycles. The van der Waals surface area contributed by atoms with Gasteiger partial charge in [-0.25, -0.2) is 14.6 Å². The number of amides is 2. The molecule has 0 bridgehead atoms. The molecule has 3 N–H and O–H groups in total. The molecule has 104 valence electrons. The fourth-order valence-electron chi connectivity index (χ4n) is 1.35. The third-order valence-electron chi connectivity index (χ3n) is 2.21. The van der Waals surface area contributed by atoms with Gasteiger partial charge in [0.15, 0.2) is 0 Å². The lowest BCUT2D eigenvalue weighted by Crippen LogP contribution is -2.19. The highest BCUT2D eigenvalue weighted by atomic mass is 79.9. The summed E-state index contributed by atoms with van der Waals surface area (Å²) in [6.07, 6.45) is 0. The molecule has 1 heterocycles. The second kappa shape index (κ2) is 5.97. The lowest BCUT2D eigenvalue weighted by Gasteiger charge is -2.07. The molecule has 20 heavy (non-hydrogen) atoms. The summed E-state index contributed by atoms with van der Waals surface area (Å²) in [7, 11) is 0. The zero-order valence-corrected chi connectivity index (χ0v) is 12.6. The number of carbonyl (C=O) groups excluding carboxylic acids is 1. The zero-order valence-electron chi connectivity index (χ0n) is 10.2. The summed E-state index contributed by atoms with van der Waals surface area (Å²) in [6.45, 7) is 1.72. The number of rotatable bonds is 3. The second-order valence-electron chi connectivity index (χ2n) is 3.73. The summed E-state index contributed by atoms with van der Waals surface area (Å²) in [5.41, 5.74) is 0.580. The van der Waals surface area contributed by atoms with Crippen LogP contribution in [0, 0.1) is 6.92 Å². The van der Waals surface area contributed by atoms with E-state index in [-0.39, 0.29) is 5.56 Å². The number of aryl methyl sites for hydroxylation is 1. The first kappa shape index (κ1) is 14.4. The van der Waals surface area contributed by atoms with E-state index in [4.69, 9.17) is 5.11 Å². The maximum Gasteiger partial charge on any atom is 0.335 e. The first-order valence-electron chi connectivity index (χ1n) is 5.37. The van der Waals surface area contributed by atoms with Crippen LogP contribution in [0.15, 0.2) is 22.7 Å². The number of hydrogen-bond acceptors (Lipinski definition) is 5. The van der Waals surface area contributed by atoms with Crippen molar-refractivity contribution in [2.24, 2.45) is 0 Å². The SMILES string of the molecule is Cc1nsc(NC(=O)Nc2ccc(C(=O)O)cc2Br)n1. The highest BCUT2D eigenvalue weighted by Crippen LogP contribution is 2.24. The molecule has 0 aliphatic rings. The molecule has 2 aromatic rings. The van der Waals surface area contributed by atoms with Gasteiger partial charge < -0.3 is 10.4 Å². The average molecular weight is 357 g/mol. The molecule has 0 radical (unpaired) electrons. The molecular weight excluding hydrogens is 348 g/mol. The van der Waals surface area contributed by atoms with Gasteiger partial charge in [-0.2, -0.15) is 4.37 Å². The molecule has 0 saturated carbocycles. The molecule has 1 aromatic carbocycles. The lowest BCUT2D eigenvalue weighted by atomic mass is 10.2. The van der Waals surface area contributed by atoms with Gasteiger partial charge in [0.1, 0.15) is 5.82 Å². The van der Waals surface area contributed by atoms with Crippen molar-refractivity contribution in [1.82, 2.24) is 9.36 Å². The van der Waals surface area contributed by atoms with E-state index in [9.17, 15) is 9.59 Å². The second-order valence-corrected chi connectivity index (χ2v) is 5.33. The number of urea groups is 1. The third kappa shape index (κ3) is 3.52. The number of carboxylic acids is 1. The van der Waals surface area contributed by atoms with Crippen molar-refractivity contribution < 1.29 is 14.7 Å². The van der Waals surface area contributed by atoms with Crippen LogP contribution in [0.5, 0.6) is 0 Å². The predicted molar refractivity (Wildman–Crippen MR) is 78.4 cm³/mol. The number of halogens is 1. The molecule has 2 rings (SSSR count). The number of hydrogen-bond donors (Lipinski definition) is 3. The van der Waals surface area contributed by atoms with Crippen LogP contribution in [0.1, 0.15) is 16.2 Å². The zero-order chi connectivity index (χ0) is 14.7. The molecule has 1 aromatic heterocycles. The molecule has 0 atom stereocenters. The molecule has 0 spiro atoms. The molecule has 9 heteroatoms. The molecule has 0 unspecified atom stereocenters. The Morgan fingerprint density at radius 2 is 2.10 bits per heavy atom. The Morgan fingerprint density at radius 3 is 2.65 bits per heavy atom. The van der Waals surface area contributed by atoms with Crippen molar-refractivity contribution in [2.75, 3.05) is 10.6 Å². The molecule has 2 amide bonds. The summed E-state index contributed by atoms with van der Waals surface area (Å²) in [6, 6.07) is 3.83. The van der Waals surface area contributed by atoms with Crippen molar-refractivity contribution in [3.8, 4) is 0 Å². The van der Waals surface area contributed by atoms with Gasteiger partial charge in [-0.1, -0.05) is 0 Å². The Morgan fingerprint density at radius 1 is 1.35 bits per heavy atom. The van der Waals surface area contributed by atoms with Gasteiger partial charge in [-0.15, -0.1) is 0 Å². The first-order valence-corrected chi connectivity index (χ1v) is 6.93. The van der Waals surface area contributed by atoms with Gasteiger partial charge in [-0.3, -0.25) is 5.32 Å². The minimum absolute atomic E-state index is 0.127. The standard InChI is InChI=1S/C11H9BrN4O3S/c1-5-13-11(20-16-5)15-10(19)14-8-3-2-6(9(17)18)4-7(8)12/h2-4H,1H3,(H,17,18)(H2,13,14,15,16,19). The smallest absolute Gasteiger partial charge is 0.335 e. The van der Waals surface area contributed by atoms with Crippen molar-refractivity contribution in [3.05, 3.63) is 34.1 Å². The van der Waals surface area contributed by atoms with E-state index < -0.39 is 12.0 Å². The van der Waals surface area contributed by atoms with E-state index in [2.05, 4.69) is 35.9 Å². The quantitative estimate of drug-likeness (QED) is 0.784. The number of anilines is 2. The maximum atomic E-state index is 11.7. The van der Waals surface area contributed by atoms with Crippen LogP contribution >= 0.6 is 27.5 Å². The summed E-state index contributed by atoms with van der Waals surface area (Å²) in [5.74, 6) is -0.455. The van der Waals surface area contributed by atoms with Crippen molar-refractivity contribution in [1.29, 1.82) is 0 Å². The fourth-order valence-corrected chi connectivity index (χ4v) is 2.40. The van der Waals surface area contributed by atoms with Crippen molar-refractivity contribution in [2.45, 2.75) is 6.92 Å². The van der Waals surface area contributed by atoms with E-state index in [1.54, 1.807) is 6.92 Å². The number of benzene rings is 1. The van der Waals surface area contributed by atoms with Crippen molar-refractivity contribution >= 4 is 50.3 Å². The highest BCUT2D eigenvalue weighted by Gasteiger charge is 2.10. The van der Waals surface area contributed by atoms with Crippen LogP contribution in [0.25, 0.3) is 0 Å². The van der Waals surface area contributed by atoms with Gasteiger partial charge in [-0.05, 0) is 41.1 Å². The van der Waals surface area contributed by atoms with Crippen LogP contribution in [-0.4, -0.2) is 26.5 Å². The molecule has 0 aliphatic heterocycles. The topological polar surface area (TPSA) is 104 Å². The Balaban J connectivity index is 2.06. The van der Waals surface area contributed by atoms with Crippen LogP contribution in [0.3, 0.4) is 0 Å². The molecular formula is C11H9BrN4O3S. The average Bonchev–Trinajstić information content (AvgIpc) is 2.77. The number of nitrogens with one attached hydrogen (secondary N) is 2. The Kier molecular flexibility index (Phi) is 4.30. The van der Waals surface area contributed by atoms with E-state index in [1.165, 1.54) is 18.2 Å². The maximum absolute atomic E-state index is 11.7. The monoisotopic (exact) mass is 356 g/mol. The highest BCUT2D eigenvalue weighted by molar-refractivity contribution is 9.10. The Hall–Kier alpha value is -2.00. The largest absolute Gasteiger partial charge is 0.478 e. The Bertz CT molecular complexity index is 673. The lowest BCUT2D eigenvalue weighted by molar-refractivity contribution is 0.0697. The number of carbonyl (C=O) groups is 2. The van der Waals surface area contributed by atoms with Gasteiger partial charge in [0.25, 0.3) is 0 Å². The normalized spacial score (nSPS) is 10.1. The van der Waals surface area contributed by atoms with Crippen LogP contribution < -0.4 is 10.6 Å². The number of carboxylic acid groups (broad SMARTS) is 1. The molecule has 7 nitrogen and oxygen atoms in total. The predicted octanol–water partition coefficient (Wildman–Crippen LogP) is 2.95. The number of aromatic carboxylic acids is 1. The number of nitrogens with zero attached hydrogens (tertiary/aromatic N) is 2. The van der Waals surface area contributed by atoms with Gasteiger partial charge in [0, 0.05) is 16.0 Å².